The Morgan fingerprint density at radius 1 is 1.27 bits per heavy atom. The van der Waals surface area contributed by atoms with Crippen molar-refractivity contribution in [3.8, 4) is 0 Å². The third kappa shape index (κ3) is 3.61. The van der Waals surface area contributed by atoms with Crippen LogP contribution in [-0.2, 0) is 24.0 Å². The maximum atomic E-state index is 11.7. The van der Waals surface area contributed by atoms with E-state index in [9.17, 15) is 8.42 Å². The fourth-order valence-corrected chi connectivity index (χ4v) is 3.20. The van der Waals surface area contributed by atoms with Gasteiger partial charge in [-0.15, -0.1) is 0 Å². The van der Waals surface area contributed by atoms with Crippen LogP contribution in [0.3, 0.4) is 0 Å². The number of halogens is 1. The Morgan fingerprint density at radius 3 is 2.45 bits per heavy atom. The topological polar surface area (TPSA) is 73.9 Å². The highest BCUT2D eigenvalue weighted by Crippen LogP contribution is 2.43. The normalized spacial score (nSPS) is 24.5. The smallest absolute Gasteiger partial charge is 0.337 e. The first-order valence-electron chi connectivity index (χ1n) is 7.04. The second-order valence-electron chi connectivity index (χ2n) is 4.95. The zero-order chi connectivity index (χ0) is 16.4. The number of hydrogen-bond donors (Lipinski definition) is 1. The summed E-state index contributed by atoms with van der Waals surface area (Å²) in [5.41, 5.74) is 0.664. The summed E-state index contributed by atoms with van der Waals surface area (Å²) in [5.74, 6) is -0.856. The van der Waals surface area contributed by atoms with Crippen molar-refractivity contribution < 1.29 is 22.1 Å². The summed E-state index contributed by atoms with van der Waals surface area (Å²) >= 11 is 6.21. The molecule has 1 aromatic rings. The summed E-state index contributed by atoms with van der Waals surface area (Å²) in [6.45, 7) is 3.83. The molecular formula is C14H20ClNO5S. The number of ether oxygens (including phenoxy) is 2. The van der Waals surface area contributed by atoms with Gasteiger partial charge in [0, 0.05) is 10.6 Å². The van der Waals surface area contributed by atoms with Gasteiger partial charge in [-0.3, -0.25) is 4.18 Å². The highest BCUT2D eigenvalue weighted by Gasteiger charge is 2.48. The van der Waals surface area contributed by atoms with E-state index >= 15 is 0 Å². The molecule has 2 atom stereocenters. The highest BCUT2D eigenvalue weighted by molar-refractivity contribution is 7.84. The van der Waals surface area contributed by atoms with Gasteiger partial charge in [-0.2, -0.15) is 13.1 Å². The lowest BCUT2D eigenvalue weighted by Gasteiger charge is -2.25. The molecule has 0 radical (unpaired) electrons. The minimum atomic E-state index is -3.92. The molecule has 124 valence electrons. The van der Waals surface area contributed by atoms with Crippen molar-refractivity contribution >= 4 is 21.9 Å². The monoisotopic (exact) mass is 349 g/mol. The molecule has 0 aliphatic carbocycles. The summed E-state index contributed by atoms with van der Waals surface area (Å²) in [4.78, 5) is 0. The van der Waals surface area contributed by atoms with Crippen molar-refractivity contribution in [2.75, 3.05) is 7.11 Å². The van der Waals surface area contributed by atoms with Crippen molar-refractivity contribution in [2.24, 2.45) is 0 Å². The fourth-order valence-electron chi connectivity index (χ4n) is 2.41. The lowest BCUT2D eigenvalue weighted by atomic mass is 10.1. The van der Waals surface area contributed by atoms with Gasteiger partial charge in [0.2, 0.25) is 0 Å². The fraction of sp³-hybridized carbons (Fsp3) is 0.571. The summed E-state index contributed by atoms with van der Waals surface area (Å²) < 4.78 is 42.1. The first-order valence-corrected chi connectivity index (χ1v) is 8.83. The SMILES string of the molecule is CCC1(CC)O[C@H](NS(=O)(=O)OC)[C@H](c2ccccc2Cl)O1. The molecule has 1 N–H and O–H groups in total. The molecule has 1 aliphatic heterocycles. The first kappa shape index (κ1) is 17.7. The van der Waals surface area contributed by atoms with Crippen LogP contribution in [0.1, 0.15) is 38.4 Å². The second kappa shape index (κ2) is 6.82. The molecule has 0 aromatic heterocycles. The van der Waals surface area contributed by atoms with Crippen LogP contribution in [0.5, 0.6) is 0 Å². The van der Waals surface area contributed by atoms with E-state index < -0.39 is 28.4 Å². The van der Waals surface area contributed by atoms with E-state index in [-0.39, 0.29) is 0 Å². The molecule has 8 heteroatoms. The molecule has 0 saturated carbocycles. The molecular weight excluding hydrogens is 330 g/mol. The molecule has 1 aromatic carbocycles. The number of rotatable bonds is 6. The molecule has 2 rings (SSSR count). The van der Waals surface area contributed by atoms with Gasteiger partial charge in [-0.1, -0.05) is 43.6 Å². The Labute approximate surface area is 136 Å². The van der Waals surface area contributed by atoms with Gasteiger partial charge in [0.1, 0.15) is 6.10 Å². The quantitative estimate of drug-likeness (QED) is 0.854. The van der Waals surface area contributed by atoms with Crippen LogP contribution >= 0.6 is 11.6 Å². The van der Waals surface area contributed by atoms with Gasteiger partial charge in [0.05, 0.1) is 7.11 Å². The zero-order valence-electron chi connectivity index (χ0n) is 12.7. The Hall–Kier alpha value is -0.700. The van der Waals surface area contributed by atoms with Crippen LogP contribution in [0.4, 0.5) is 0 Å². The van der Waals surface area contributed by atoms with Crippen molar-refractivity contribution in [2.45, 2.75) is 44.8 Å². The van der Waals surface area contributed by atoms with Gasteiger partial charge in [0.15, 0.2) is 12.0 Å². The van der Waals surface area contributed by atoms with E-state index in [0.717, 1.165) is 7.11 Å². The van der Waals surface area contributed by atoms with Crippen LogP contribution in [0.25, 0.3) is 0 Å². The standard InChI is InChI=1S/C14H20ClNO5S/c1-4-14(5-2)20-12(10-8-6-7-9-11(10)15)13(21-14)16-22(17,18)19-3/h6-9,12-13,16H,4-5H2,1-3H3/t12-,13-/m0/s1. The molecule has 22 heavy (non-hydrogen) atoms. The summed E-state index contributed by atoms with van der Waals surface area (Å²) in [5, 5.41) is 0.487. The third-order valence-electron chi connectivity index (χ3n) is 3.73. The van der Waals surface area contributed by atoms with Crippen molar-refractivity contribution in [3.05, 3.63) is 34.9 Å². The second-order valence-corrected chi connectivity index (χ2v) is 6.84. The summed E-state index contributed by atoms with van der Waals surface area (Å²) in [6.07, 6.45) is -0.408. The van der Waals surface area contributed by atoms with Gasteiger partial charge in [0.25, 0.3) is 0 Å². The van der Waals surface area contributed by atoms with E-state index in [0.29, 0.717) is 23.4 Å². The maximum absolute atomic E-state index is 11.7. The lowest BCUT2D eigenvalue weighted by molar-refractivity contribution is -0.180. The molecule has 0 bridgehead atoms. The Morgan fingerprint density at radius 2 is 1.91 bits per heavy atom. The number of benzene rings is 1. The molecule has 1 aliphatic rings. The minimum absolute atomic E-state index is 0.487. The van der Waals surface area contributed by atoms with Crippen molar-refractivity contribution in [3.63, 3.8) is 0 Å². The van der Waals surface area contributed by atoms with E-state index in [1.807, 2.05) is 19.9 Å². The Balaban J connectivity index is 2.37. The molecule has 0 spiro atoms. The number of hydrogen-bond acceptors (Lipinski definition) is 5. The predicted octanol–water partition coefficient (Wildman–Crippen LogP) is 2.75. The van der Waals surface area contributed by atoms with Gasteiger partial charge >= 0.3 is 10.3 Å². The van der Waals surface area contributed by atoms with Gasteiger partial charge < -0.3 is 9.47 Å². The molecule has 0 unspecified atom stereocenters. The van der Waals surface area contributed by atoms with Crippen LogP contribution in [0.15, 0.2) is 24.3 Å². The lowest BCUT2D eigenvalue weighted by Crippen LogP contribution is -2.40. The van der Waals surface area contributed by atoms with Crippen LogP contribution in [-0.4, -0.2) is 27.5 Å². The van der Waals surface area contributed by atoms with E-state index in [1.54, 1.807) is 18.2 Å². The minimum Gasteiger partial charge on any atom is -0.338 e. The molecule has 6 nitrogen and oxygen atoms in total. The molecule has 1 heterocycles. The van der Waals surface area contributed by atoms with Gasteiger partial charge in [-0.05, 0) is 18.9 Å². The average Bonchev–Trinajstić information content (AvgIpc) is 2.86. The van der Waals surface area contributed by atoms with Crippen molar-refractivity contribution in [1.82, 2.24) is 4.72 Å². The van der Waals surface area contributed by atoms with Crippen LogP contribution in [0, 0.1) is 0 Å². The average molecular weight is 350 g/mol. The largest absolute Gasteiger partial charge is 0.338 e. The maximum Gasteiger partial charge on any atom is 0.337 e. The van der Waals surface area contributed by atoms with Crippen molar-refractivity contribution in [1.29, 1.82) is 0 Å². The van der Waals surface area contributed by atoms with E-state index in [1.165, 1.54) is 0 Å². The van der Waals surface area contributed by atoms with Crippen LogP contribution < -0.4 is 4.72 Å². The highest BCUT2D eigenvalue weighted by atomic mass is 35.5. The molecule has 0 amide bonds. The van der Waals surface area contributed by atoms with Crippen LogP contribution in [0.2, 0.25) is 5.02 Å². The summed E-state index contributed by atoms with van der Waals surface area (Å²) in [7, 11) is -2.84. The number of nitrogens with one attached hydrogen (secondary N) is 1. The summed E-state index contributed by atoms with van der Waals surface area (Å²) in [6, 6.07) is 7.11. The Kier molecular flexibility index (Phi) is 5.47. The third-order valence-corrected chi connectivity index (χ3v) is 5.03. The zero-order valence-corrected chi connectivity index (χ0v) is 14.3. The molecule has 1 fully saturated rings. The first-order chi connectivity index (χ1) is 10.4. The molecule has 1 saturated heterocycles. The van der Waals surface area contributed by atoms with Gasteiger partial charge in [-0.25, -0.2) is 0 Å². The Bertz CT molecular complexity index is 617. The van der Waals surface area contributed by atoms with E-state index in [4.69, 9.17) is 21.1 Å². The van der Waals surface area contributed by atoms with E-state index in [2.05, 4.69) is 8.91 Å². The predicted molar refractivity (Wildman–Crippen MR) is 82.5 cm³/mol.